The number of rotatable bonds is 6. The lowest BCUT2D eigenvalue weighted by molar-refractivity contribution is 0.102. The number of amides is 1. The van der Waals surface area contributed by atoms with Crippen molar-refractivity contribution >= 4 is 27.3 Å². The fourth-order valence-corrected chi connectivity index (χ4v) is 3.81. The van der Waals surface area contributed by atoms with E-state index in [0.717, 1.165) is 22.4 Å². The second-order valence-corrected chi connectivity index (χ2v) is 8.96. The van der Waals surface area contributed by atoms with Gasteiger partial charge < -0.3 is 5.32 Å². The number of sulfonamides is 1. The fraction of sp³-hybridized carbons (Fsp3) is 0.174. The van der Waals surface area contributed by atoms with Crippen LogP contribution in [0.15, 0.2) is 72.8 Å². The number of carbonyl (C=O) groups is 1. The third kappa shape index (κ3) is 5.23. The Morgan fingerprint density at radius 1 is 0.897 bits per heavy atom. The molecule has 0 heterocycles. The van der Waals surface area contributed by atoms with E-state index in [2.05, 4.69) is 5.32 Å². The number of hydrogen-bond donors (Lipinski definition) is 1. The third-order valence-electron chi connectivity index (χ3n) is 4.75. The summed E-state index contributed by atoms with van der Waals surface area (Å²) in [6.07, 6.45) is 1.20. The summed E-state index contributed by atoms with van der Waals surface area (Å²) in [5.74, 6) is -0.211. The first-order chi connectivity index (χ1) is 13.7. The molecular formula is C23H24N2O3S. The molecule has 3 rings (SSSR count). The minimum atomic E-state index is -3.46. The van der Waals surface area contributed by atoms with Crippen LogP contribution < -0.4 is 9.62 Å². The van der Waals surface area contributed by atoms with Crippen molar-refractivity contribution in [3.63, 3.8) is 0 Å². The molecule has 150 valence electrons. The van der Waals surface area contributed by atoms with Crippen LogP contribution in [-0.2, 0) is 16.6 Å². The summed E-state index contributed by atoms with van der Waals surface area (Å²) >= 11 is 0. The van der Waals surface area contributed by atoms with E-state index in [1.165, 1.54) is 10.6 Å². The lowest BCUT2D eigenvalue weighted by Gasteiger charge is -2.23. The number of aryl methyl sites for hydroxylation is 2. The number of benzene rings is 3. The van der Waals surface area contributed by atoms with Gasteiger partial charge in [0.05, 0.1) is 18.5 Å². The molecule has 0 unspecified atom stereocenters. The Kier molecular flexibility index (Phi) is 6.03. The molecule has 0 bridgehead atoms. The lowest BCUT2D eigenvalue weighted by Crippen LogP contribution is -2.29. The molecular weight excluding hydrogens is 384 g/mol. The highest BCUT2D eigenvalue weighted by atomic mass is 32.2. The average Bonchev–Trinajstić information content (AvgIpc) is 2.69. The van der Waals surface area contributed by atoms with Crippen molar-refractivity contribution in [2.75, 3.05) is 15.9 Å². The smallest absolute Gasteiger partial charge is 0.255 e. The summed E-state index contributed by atoms with van der Waals surface area (Å²) in [5, 5.41) is 2.83. The van der Waals surface area contributed by atoms with E-state index in [1.807, 2.05) is 62.4 Å². The molecule has 0 aliphatic rings. The number of carbonyl (C=O) groups excluding carboxylic acids is 1. The lowest BCUT2D eigenvalue weighted by atomic mass is 10.1. The Balaban J connectivity index is 1.79. The minimum Gasteiger partial charge on any atom is -0.322 e. The molecule has 3 aromatic carbocycles. The van der Waals surface area contributed by atoms with Crippen LogP contribution in [0.3, 0.4) is 0 Å². The molecule has 0 fully saturated rings. The summed E-state index contributed by atoms with van der Waals surface area (Å²) in [7, 11) is -3.46. The number of hydrogen-bond acceptors (Lipinski definition) is 3. The van der Waals surface area contributed by atoms with Crippen molar-refractivity contribution in [3.8, 4) is 0 Å². The number of nitrogens with one attached hydrogen (secondary N) is 1. The van der Waals surface area contributed by atoms with Crippen LogP contribution in [0.5, 0.6) is 0 Å². The van der Waals surface area contributed by atoms with E-state index < -0.39 is 10.0 Å². The molecule has 0 aliphatic carbocycles. The van der Waals surface area contributed by atoms with Crippen molar-refractivity contribution in [2.24, 2.45) is 0 Å². The van der Waals surface area contributed by atoms with Gasteiger partial charge >= 0.3 is 0 Å². The first kappa shape index (κ1) is 20.6. The summed E-state index contributed by atoms with van der Waals surface area (Å²) in [6.45, 7) is 4.14. The van der Waals surface area contributed by atoms with Crippen LogP contribution in [0, 0.1) is 13.8 Å². The topological polar surface area (TPSA) is 66.5 Å². The van der Waals surface area contributed by atoms with Crippen LogP contribution in [0.4, 0.5) is 11.4 Å². The molecule has 0 saturated carbocycles. The van der Waals surface area contributed by atoms with Crippen LogP contribution in [-0.4, -0.2) is 20.6 Å². The standard InChI is InChI=1S/C23H24N2O3S/c1-17-9-14-22(15-18(17)2)25(29(3,27)28)16-19-10-12-20(13-11-19)23(26)24-21-7-5-4-6-8-21/h4-15H,16H2,1-3H3,(H,24,26). The van der Waals surface area contributed by atoms with E-state index in [4.69, 9.17) is 0 Å². The second kappa shape index (κ2) is 8.49. The van der Waals surface area contributed by atoms with Crippen molar-refractivity contribution < 1.29 is 13.2 Å². The van der Waals surface area contributed by atoms with Gasteiger partial charge in [-0.3, -0.25) is 9.10 Å². The van der Waals surface area contributed by atoms with Gasteiger partial charge in [-0.25, -0.2) is 8.42 Å². The molecule has 0 aliphatic heterocycles. The molecule has 5 nitrogen and oxygen atoms in total. The van der Waals surface area contributed by atoms with Crippen molar-refractivity contribution in [2.45, 2.75) is 20.4 Å². The van der Waals surface area contributed by atoms with Crippen molar-refractivity contribution in [1.82, 2.24) is 0 Å². The minimum absolute atomic E-state index is 0.196. The summed E-state index contributed by atoms with van der Waals surface area (Å²) in [6, 6.07) is 21.8. The second-order valence-electron chi connectivity index (χ2n) is 7.06. The van der Waals surface area contributed by atoms with Gasteiger partial charge in [0.15, 0.2) is 0 Å². The fourth-order valence-electron chi connectivity index (χ4n) is 2.93. The molecule has 0 radical (unpaired) electrons. The molecule has 0 aromatic heterocycles. The number of nitrogens with zero attached hydrogens (tertiary/aromatic N) is 1. The monoisotopic (exact) mass is 408 g/mol. The molecule has 6 heteroatoms. The van der Waals surface area contributed by atoms with Crippen LogP contribution >= 0.6 is 0 Å². The summed E-state index contributed by atoms with van der Waals surface area (Å²) in [5.41, 5.74) is 4.79. The maximum Gasteiger partial charge on any atom is 0.255 e. The summed E-state index contributed by atoms with van der Waals surface area (Å²) < 4.78 is 26.1. The molecule has 3 aromatic rings. The SMILES string of the molecule is Cc1ccc(N(Cc2ccc(C(=O)Nc3ccccc3)cc2)S(C)(=O)=O)cc1C. The Hall–Kier alpha value is -3.12. The van der Waals surface area contributed by atoms with Gasteiger partial charge in [-0.1, -0.05) is 36.4 Å². The largest absolute Gasteiger partial charge is 0.322 e. The van der Waals surface area contributed by atoms with Crippen molar-refractivity contribution in [3.05, 3.63) is 95.1 Å². The highest BCUT2D eigenvalue weighted by Crippen LogP contribution is 2.23. The van der Waals surface area contributed by atoms with E-state index in [0.29, 0.717) is 11.3 Å². The normalized spacial score (nSPS) is 11.1. The molecule has 1 N–H and O–H groups in total. The third-order valence-corrected chi connectivity index (χ3v) is 5.89. The highest BCUT2D eigenvalue weighted by Gasteiger charge is 2.18. The molecule has 0 spiro atoms. The first-order valence-corrected chi connectivity index (χ1v) is 11.1. The maximum atomic E-state index is 12.4. The van der Waals surface area contributed by atoms with E-state index in [9.17, 15) is 13.2 Å². The maximum absolute atomic E-state index is 12.4. The van der Waals surface area contributed by atoms with E-state index in [-0.39, 0.29) is 12.5 Å². The Morgan fingerprint density at radius 2 is 1.55 bits per heavy atom. The van der Waals surface area contributed by atoms with Gasteiger partial charge in [0.25, 0.3) is 5.91 Å². The Bertz CT molecular complexity index is 1110. The predicted octanol–water partition coefficient (Wildman–Crippen LogP) is 4.52. The van der Waals surface area contributed by atoms with Gasteiger partial charge in [-0.15, -0.1) is 0 Å². The van der Waals surface area contributed by atoms with Gasteiger partial charge in [0, 0.05) is 11.3 Å². The Labute approximate surface area is 172 Å². The van der Waals surface area contributed by atoms with Crippen LogP contribution in [0.1, 0.15) is 27.0 Å². The van der Waals surface area contributed by atoms with Gasteiger partial charge in [-0.05, 0) is 66.9 Å². The van der Waals surface area contributed by atoms with E-state index >= 15 is 0 Å². The molecule has 29 heavy (non-hydrogen) atoms. The highest BCUT2D eigenvalue weighted by molar-refractivity contribution is 7.92. The van der Waals surface area contributed by atoms with Crippen LogP contribution in [0.25, 0.3) is 0 Å². The quantitative estimate of drug-likeness (QED) is 0.652. The van der Waals surface area contributed by atoms with Gasteiger partial charge in [-0.2, -0.15) is 0 Å². The van der Waals surface area contributed by atoms with Gasteiger partial charge in [0.2, 0.25) is 10.0 Å². The number of anilines is 2. The molecule has 0 atom stereocenters. The zero-order valence-electron chi connectivity index (χ0n) is 16.7. The summed E-state index contributed by atoms with van der Waals surface area (Å²) in [4.78, 5) is 12.4. The van der Waals surface area contributed by atoms with Crippen molar-refractivity contribution in [1.29, 1.82) is 0 Å². The average molecular weight is 409 g/mol. The molecule has 1 amide bonds. The first-order valence-electron chi connectivity index (χ1n) is 9.24. The molecule has 0 saturated heterocycles. The number of para-hydroxylation sites is 1. The Morgan fingerprint density at radius 3 is 2.14 bits per heavy atom. The van der Waals surface area contributed by atoms with E-state index in [1.54, 1.807) is 24.3 Å². The zero-order chi connectivity index (χ0) is 21.0. The van der Waals surface area contributed by atoms with Gasteiger partial charge in [0.1, 0.15) is 0 Å². The zero-order valence-corrected chi connectivity index (χ0v) is 17.5. The predicted molar refractivity (Wildman–Crippen MR) is 118 cm³/mol. The van der Waals surface area contributed by atoms with Crippen LogP contribution in [0.2, 0.25) is 0 Å².